The van der Waals surface area contributed by atoms with Gasteiger partial charge in [-0.15, -0.1) is 0 Å². The van der Waals surface area contributed by atoms with E-state index in [4.69, 9.17) is 15.6 Å². The van der Waals surface area contributed by atoms with Gasteiger partial charge in [-0.2, -0.15) is 0 Å². The maximum atomic E-state index is 9.99. The molecule has 19 heavy (non-hydrogen) atoms. The number of hydrogen-bond acceptors (Lipinski definition) is 6. The predicted molar refractivity (Wildman–Crippen MR) is 67.2 cm³/mol. The molecule has 0 aliphatic carbocycles. The summed E-state index contributed by atoms with van der Waals surface area (Å²) in [5.41, 5.74) is 7.66. The molecule has 2 aromatic rings. The van der Waals surface area contributed by atoms with Crippen LogP contribution in [0.4, 0.5) is 5.69 Å². The second-order valence-corrected chi connectivity index (χ2v) is 4.60. The third kappa shape index (κ3) is 1.79. The zero-order valence-corrected chi connectivity index (χ0v) is 10.0. The largest absolute Gasteiger partial charge is 0.397 e. The molecule has 0 radical (unpaired) electrons. The Balaban J connectivity index is 2.04. The van der Waals surface area contributed by atoms with Gasteiger partial charge >= 0.3 is 0 Å². The average Bonchev–Trinajstić information content (AvgIpc) is 2.94. The zero-order valence-electron chi connectivity index (χ0n) is 10.0. The summed E-state index contributed by atoms with van der Waals surface area (Å²) in [6, 6.07) is 5.31. The van der Waals surface area contributed by atoms with Gasteiger partial charge in [0.15, 0.2) is 6.23 Å². The third-order valence-corrected chi connectivity index (χ3v) is 3.43. The van der Waals surface area contributed by atoms with Crippen molar-refractivity contribution in [1.29, 1.82) is 0 Å². The summed E-state index contributed by atoms with van der Waals surface area (Å²) in [6.45, 7) is -0.358. The Kier molecular flexibility index (Phi) is 2.90. The van der Waals surface area contributed by atoms with Gasteiger partial charge in [-0.05, 0) is 12.1 Å². The SMILES string of the molecule is Nc1cccc2c1ncn2[C@@H]1O[C@H](CO)[C@@H](O)[C@H]1O. The topological polar surface area (TPSA) is 114 Å². The number of imidazole rings is 1. The van der Waals surface area contributed by atoms with Gasteiger partial charge in [0.05, 0.1) is 24.1 Å². The number of fused-ring (bicyclic) bond motifs is 1. The van der Waals surface area contributed by atoms with Gasteiger partial charge in [-0.25, -0.2) is 4.98 Å². The van der Waals surface area contributed by atoms with Crippen LogP contribution in [0.3, 0.4) is 0 Å². The van der Waals surface area contributed by atoms with Gasteiger partial charge in [-0.3, -0.25) is 0 Å². The molecule has 0 amide bonds. The second-order valence-electron chi connectivity index (χ2n) is 4.60. The molecule has 1 aliphatic rings. The van der Waals surface area contributed by atoms with Gasteiger partial charge in [0.1, 0.15) is 23.8 Å². The number of hydrogen-bond donors (Lipinski definition) is 4. The second kappa shape index (κ2) is 4.46. The molecule has 7 heteroatoms. The molecule has 0 bridgehead atoms. The van der Waals surface area contributed by atoms with Crippen LogP contribution in [0.1, 0.15) is 6.23 Å². The van der Waals surface area contributed by atoms with Crippen LogP contribution in [0, 0.1) is 0 Å². The standard InChI is InChI=1S/C12H15N3O4/c13-6-2-1-3-7-9(6)14-5-15(7)12-11(18)10(17)8(4-16)19-12/h1-3,5,8,10-12,16-18H,4,13H2/t8-,10-,11-,12-/m1/s1. The van der Waals surface area contributed by atoms with E-state index in [1.54, 1.807) is 22.8 Å². The van der Waals surface area contributed by atoms with Crippen molar-refractivity contribution in [3.8, 4) is 0 Å². The number of nitrogens with two attached hydrogens (primary N) is 1. The summed E-state index contributed by atoms with van der Waals surface area (Å²) in [4.78, 5) is 4.18. The monoisotopic (exact) mass is 265 g/mol. The molecule has 102 valence electrons. The van der Waals surface area contributed by atoms with Crippen molar-refractivity contribution in [2.75, 3.05) is 12.3 Å². The lowest BCUT2D eigenvalue weighted by Gasteiger charge is -2.17. The molecule has 0 spiro atoms. The van der Waals surface area contributed by atoms with Gasteiger partial charge < -0.3 is 30.4 Å². The minimum atomic E-state index is -1.13. The quantitative estimate of drug-likeness (QED) is 0.530. The summed E-state index contributed by atoms with van der Waals surface area (Å²) in [7, 11) is 0. The van der Waals surface area contributed by atoms with E-state index in [-0.39, 0.29) is 6.61 Å². The summed E-state index contributed by atoms with van der Waals surface area (Å²) >= 11 is 0. The van der Waals surface area contributed by atoms with E-state index in [0.717, 1.165) is 0 Å². The van der Waals surface area contributed by atoms with E-state index in [1.165, 1.54) is 6.33 Å². The van der Waals surface area contributed by atoms with Crippen LogP contribution < -0.4 is 5.73 Å². The first-order valence-corrected chi connectivity index (χ1v) is 5.97. The fourth-order valence-corrected chi connectivity index (χ4v) is 2.39. The summed E-state index contributed by atoms with van der Waals surface area (Å²) in [6.07, 6.45) is -2.36. The molecule has 1 aromatic heterocycles. The molecule has 0 unspecified atom stereocenters. The fraction of sp³-hybridized carbons (Fsp3) is 0.417. The number of ether oxygens (including phenoxy) is 1. The van der Waals surface area contributed by atoms with Crippen molar-refractivity contribution < 1.29 is 20.1 Å². The van der Waals surface area contributed by atoms with Crippen molar-refractivity contribution >= 4 is 16.7 Å². The lowest BCUT2D eigenvalue weighted by atomic mass is 10.1. The van der Waals surface area contributed by atoms with Gasteiger partial charge in [0, 0.05) is 0 Å². The van der Waals surface area contributed by atoms with E-state index in [1.807, 2.05) is 0 Å². The number of aliphatic hydroxyl groups excluding tert-OH is 3. The average molecular weight is 265 g/mol. The summed E-state index contributed by atoms with van der Waals surface area (Å²) in [5, 5.41) is 28.8. The molecule has 1 fully saturated rings. The highest BCUT2D eigenvalue weighted by Crippen LogP contribution is 2.32. The Morgan fingerprint density at radius 1 is 1.32 bits per heavy atom. The molecular weight excluding hydrogens is 250 g/mol. The summed E-state index contributed by atoms with van der Waals surface area (Å²) < 4.78 is 7.07. The van der Waals surface area contributed by atoms with E-state index in [2.05, 4.69) is 4.98 Å². The van der Waals surface area contributed by atoms with Crippen LogP contribution in [-0.2, 0) is 4.74 Å². The van der Waals surface area contributed by atoms with E-state index < -0.39 is 24.5 Å². The molecule has 1 aromatic carbocycles. The Morgan fingerprint density at radius 3 is 2.79 bits per heavy atom. The Labute approximate surface area is 108 Å². The maximum Gasteiger partial charge on any atom is 0.164 e. The molecule has 4 atom stereocenters. The predicted octanol–water partition coefficient (Wildman–Crippen LogP) is -0.770. The lowest BCUT2D eigenvalue weighted by molar-refractivity contribution is -0.0508. The smallest absolute Gasteiger partial charge is 0.164 e. The number of aromatic nitrogens is 2. The van der Waals surface area contributed by atoms with Crippen molar-refractivity contribution in [2.24, 2.45) is 0 Å². The van der Waals surface area contributed by atoms with Crippen molar-refractivity contribution in [1.82, 2.24) is 9.55 Å². The molecule has 1 saturated heterocycles. The van der Waals surface area contributed by atoms with Crippen LogP contribution >= 0.6 is 0 Å². The Hall–Kier alpha value is -1.67. The first-order valence-electron chi connectivity index (χ1n) is 5.97. The van der Waals surface area contributed by atoms with Crippen LogP contribution in [0.15, 0.2) is 24.5 Å². The minimum absolute atomic E-state index is 0.358. The lowest BCUT2D eigenvalue weighted by Crippen LogP contribution is -2.33. The maximum absolute atomic E-state index is 9.99. The van der Waals surface area contributed by atoms with E-state index in [0.29, 0.717) is 16.7 Å². The van der Waals surface area contributed by atoms with E-state index in [9.17, 15) is 10.2 Å². The number of nitrogens with zero attached hydrogens (tertiary/aromatic N) is 2. The summed E-state index contributed by atoms with van der Waals surface area (Å²) in [5.74, 6) is 0. The highest BCUT2D eigenvalue weighted by atomic mass is 16.6. The van der Waals surface area contributed by atoms with Crippen LogP contribution in [-0.4, -0.2) is 49.8 Å². The van der Waals surface area contributed by atoms with Crippen LogP contribution in [0.2, 0.25) is 0 Å². The number of nitrogen functional groups attached to an aromatic ring is 1. The number of anilines is 1. The first-order chi connectivity index (χ1) is 9.13. The minimum Gasteiger partial charge on any atom is -0.397 e. The highest BCUT2D eigenvalue weighted by Gasteiger charge is 2.43. The molecule has 7 nitrogen and oxygen atoms in total. The number of benzene rings is 1. The van der Waals surface area contributed by atoms with Gasteiger partial charge in [-0.1, -0.05) is 6.07 Å². The van der Waals surface area contributed by atoms with Crippen molar-refractivity contribution in [3.05, 3.63) is 24.5 Å². The third-order valence-electron chi connectivity index (χ3n) is 3.43. The fourth-order valence-electron chi connectivity index (χ4n) is 2.39. The van der Waals surface area contributed by atoms with Crippen LogP contribution in [0.25, 0.3) is 11.0 Å². The molecular formula is C12H15N3O4. The highest BCUT2D eigenvalue weighted by molar-refractivity contribution is 5.87. The normalized spacial score (nSPS) is 31.1. The molecule has 2 heterocycles. The number of rotatable bonds is 2. The van der Waals surface area contributed by atoms with Crippen molar-refractivity contribution in [3.63, 3.8) is 0 Å². The molecule has 5 N–H and O–H groups in total. The Morgan fingerprint density at radius 2 is 2.11 bits per heavy atom. The molecule has 1 aliphatic heterocycles. The zero-order chi connectivity index (χ0) is 13.6. The molecule has 0 saturated carbocycles. The first kappa shape index (κ1) is 12.4. The Bertz CT molecular complexity index is 600. The van der Waals surface area contributed by atoms with Crippen LogP contribution in [0.5, 0.6) is 0 Å². The van der Waals surface area contributed by atoms with Crippen molar-refractivity contribution in [2.45, 2.75) is 24.5 Å². The molecule has 3 rings (SSSR count). The number of aliphatic hydroxyl groups is 3. The van der Waals surface area contributed by atoms with Gasteiger partial charge in [0.25, 0.3) is 0 Å². The number of para-hydroxylation sites is 1. The van der Waals surface area contributed by atoms with E-state index >= 15 is 0 Å². The van der Waals surface area contributed by atoms with Gasteiger partial charge in [0.2, 0.25) is 0 Å².